The molecule has 2 nitrogen and oxygen atoms in total. The molecule has 0 unspecified atom stereocenters. The summed E-state index contributed by atoms with van der Waals surface area (Å²) < 4.78 is 12.5. The molecular weight excluding hydrogens is 348 g/mol. The fourth-order valence-electron chi connectivity index (χ4n) is 4.04. The van der Waals surface area contributed by atoms with Crippen molar-refractivity contribution in [3.8, 4) is 0 Å². The lowest BCUT2D eigenvalue weighted by atomic mass is 10.1. The summed E-state index contributed by atoms with van der Waals surface area (Å²) in [5, 5.41) is 0. The van der Waals surface area contributed by atoms with E-state index in [1.54, 1.807) is 0 Å². The molecule has 164 valence electrons. The number of rotatable bonds is 22. The monoisotopic (exact) mass is 400 g/mol. The van der Waals surface area contributed by atoms with Crippen molar-refractivity contribution >= 4 is 8.56 Å². The van der Waals surface area contributed by atoms with Gasteiger partial charge in [-0.15, -0.1) is 0 Å². The number of hydrogen-bond acceptors (Lipinski definition) is 2. The third-order valence-electron chi connectivity index (χ3n) is 5.64. The molecule has 0 radical (unpaired) electrons. The molecule has 3 heteroatoms. The van der Waals surface area contributed by atoms with E-state index in [-0.39, 0.29) is 0 Å². The van der Waals surface area contributed by atoms with Gasteiger partial charge in [-0.2, -0.15) is 0 Å². The summed E-state index contributed by atoms with van der Waals surface area (Å²) in [7, 11) is -1.93. The molecule has 0 bridgehead atoms. The van der Waals surface area contributed by atoms with E-state index in [0.29, 0.717) is 0 Å². The van der Waals surface area contributed by atoms with Gasteiger partial charge in [-0.05, 0) is 25.9 Å². The van der Waals surface area contributed by atoms with Gasteiger partial charge in [0.05, 0.1) is 0 Å². The summed E-state index contributed by atoms with van der Waals surface area (Å²) in [6.07, 6.45) is 22.3. The first-order valence-corrected chi connectivity index (χ1v) is 14.8. The average molecular weight is 401 g/mol. The Bertz CT molecular complexity index is 278. The Balaban J connectivity index is 3.72. The first-order chi connectivity index (χ1) is 13.2. The fraction of sp³-hybridized carbons (Fsp3) is 1.00. The van der Waals surface area contributed by atoms with Crippen molar-refractivity contribution in [1.29, 1.82) is 0 Å². The smallest absolute Gasteiger partial charge is 0.338 e. The zero-order valence-electron chi connectivity index (χ0n) is 19.5. The summed E-state index contributed by atoms with van der Waals surface area (Å²) in [5.41, 5.74) is 0. The van der Waals surface area contributed by atoms with Crippen LogP contribution in [0.15, 0.2) is 0 Å². The number of hydrogen-bond donors (Lipinski definition) is 0. The van der Waals surface area contributed by atoms with Gasteiger partial charge in [-0.25, -0.2) is 0 Å². The van der Waals surface area contributed by atoms with Gasteiger partial charge in [0.1, 0.15) is 0 Å². The molecule has 0 amide bonds. The van der Waals surface area contributed by atoms with Gasteiger partial charge in [-0.1, -0.05) is 117 Å². The zero-order valence-corrected chi connectivity index (χ0v) is 20.5. The van der Waals surface area contributed by atoms with E-state index < -0.39 is 8.56 Å². The van der Waals surface area contributed by atoms with Crippen LogP contribution in [-0.4, -0.2) is 21.8 Å². The zero-order chi connectivity index (χ0) is 20.1. The van der Waals surface area contributed by atoms with Crippen molar-refractivity contribution < 1.29 is 8.85 Å². The minimum Gasteiger partial charge on any atom is -0.394 e. The lowest BCUT2D eigenvalue weighted by Gasteiger charge is -2.30. The Kier molecular flexibility index (Phi) is 21.0. The second kappa shape index (κ2) is 20.9. The first kappa shape index (κ1) is 27.1. The Morgan fingerprint density at radius 3 is 1.07 bits per heavy atom. The van der Waals surface area contributed by atoms with Gasteiger partial charge in [0.2, 0.25) is 0 Å². The lowest BCUT2D eigenvalue weighted by molar-refractivity contribution is 0.180. The second-order valence-corrected chi connectivity index (χ2v) is 11.6. The van der Waals surface area contributed by atoms with Crippen molar-refractivity contribution in [2.45, 2.75) is 143 Å². The van der Waals surface area contributed by atoms with Gasteiger partial charge in [0.15, 0.2) is 0 Å². The SMILES string of the molecule is CCCCCCCCCCCCCCC[Si](CCCCC)(OCC)OCC. The largest absolute Gasteiger partial charge is 0.394 e. The molecule has 0 aromatic heterocycles. The van der Waals surface area contributed by atoms with Crippen LogP contribution in [0.3, 0.4) is 0 Å². The summed E-state index contributed by atoms with van der Waals surface area (Å²) in [6.45, 7) is 10.5. The third kappa shape index (κ3) is 16.8. The van der Waals surface area contributed by atoms with Crippen molar-refractivity contribution in [1.82, 2.24) is 0 Å². The van der Waals surface area contributed by atoms with E-state index >= 15 is 0 Å². The molecular formula is C24H52O2Si. The highest BCUT2D eigenvalue weighted by molar-refractivity contribution is 6.67. The molecule has 0 aromatic rings. The second-order valence-electron chi connectivity index (χ2n) is 8.23. The molecule has 0 aliphatic carbocycles. The van der Waals surface area contributed by atoms with E-state index in [9.17, 15) is 0 Å². The van der Waals surface area contributed by atoms with Gasteiger partial charge in [0, 0.05) is 13.2 Å². The summed E-state index contributed by atoms with van der Waals surface area (Å²) in [5.74, 6) is 0. The lowest BCUT2D eigenvalue weighted by Crippen LogP contribution is -2.42. The van der Waals surface area contributed by atoms with Crippen molar-refractivity contribution in [3.63, 3.8) is 0 Å². The maximum Gasteiger partial charge on any atom is 0.338 e. The van der Waals surface area contributed by atoms with Crippen LogP contribution < -0.4 is 0 Å². The van der Waals surface area contributed by atoms with Crippen LogP contribution in [0.1, 0.15) is 130 Å². The van der Waals surface area contributed by atoms with Crippen LogP contribution in [-0.2, 0) is 8.85 Å². The van der Waals surface area contributed by atoms with E-state index in [0.717, 1.165) is 13.2 Å². The van der Waals surface area contributed by atoms with Gasteiger partial charge < -0.3 is 8.85 Å². The molecule has 0 spiro atoms. The van der Waals surface area contributed by atoms with Crippen LogP contribution in [0.25, 0.3) is 0 Å². The molecule has 0 aromatic carbocycles. The highest BCUT2D eigenvalue weighted by Gasteiger charge is 2.35. The fourth-order valence-corrected chi connectivity index (χ4v) is 7.58. The van der Waals surface area contributed by atoms with E-state index in [1.165, 1.54) is 115 Å². The van der Waals surface area contributed by atoms with Crippen LogP contribution in [0, 0.1) is 0 Å². The normalized spacial score (nSPS) is 12.0. The van der Waals surface area contributed by atoms with Crippen molar-refractivity contribution in [2.75, 3.05) is 13.2 Å². The van der Waals surface area contributed by atoms with Crippen LogP contribution in [0.2, 0.25) is 12.1 Å². The van der Waals surface area contributed by atoms with Crippen molar-refractivity contribution in [3.05, 3.63) is 0 Å². The van der Waals surface area contributed by atoms with Crippen molar-refractivity contribution in [2.24, 2.45) is 0 Å². The Labute approximate surface area is 173 Å². The van der Waals surface area contributed by atoms with Gasteiger partial charge in [-0.3, -0.25) is 0 Å². The molecule has 0 fully saturated rings. The Morgan fingerprint density at radius 2 is 0.704 bits per heavy atom. The molecule has 0 rings (SSSR count). The topological polar surface area (TPSA) is 18.5 Å². The molecule has 0 N–H and O–H groups in total. The average Bonchev–Trinajstić information content (AvgIpc) is 2.66. The van der Waals surface area contributed by atoms with Crippen LogP contribution in [0.4, 0.5) is 0 Å². The van der Waals surface area contributed by atoms with E-state index in [1.807, 2.05) is 0 Å². The Hall–Kier alpha value is 0.137. The maximum absolute atomic E-state index is 6.24. The highest BCUT2D eigenvalue weighted by Crippen LogP contribution is 2.26. The standard InChI is InChI=1S/C24H52O2Si/c1-5-9-11-12-13-14-15-16-17-18-19-20-22-24-27(25-7-3,26-8-4)23-21-10-6-2/h5-24H2,1-4H3. The predicted molar refractivity (Wildman–Crippen MR) is 124 cm³/mol. The maximum atomic E-state index is 6.24. The molecule has 0 heterocycles. The Morgan fingerprint density at radius 1 is 0.407 bits per heavy atom. The summed E-state index contributed by atoms with van der Waals surface area (Å²) >= 11 is 0. The summed E-state index contributed by atoms with van der Waals surface area (Å²) in [6, 6.07) is 2.40. The molecule has 0 aliphatic rings. The molecule has 0 atom stereocenters. The molecule has 0 aliphatic heterocycles. The van der Waals surface area contributed by atoms with Gasteiger partial charge >= 0.3 is 8.56 Å². The first-order valence-electron chi connectivity index (χ1n) is 12.5. The number of unbranched alkanes of at least 4 members (excludes halogenated alkanes) is 14. The van der Waals surface area contributed by atoms with Crippen LogP contribution in [0.5, 0.6) is 0 Å². The van der Waals surface area contributed by atoms with E-state index in [4.69, 9.17) is 8.85 Å². The van der Waals surface area contributed by atoms with E-state index in [2.05, 4.69) is 27.7 Å². The summed E-state index contributed by atoms with van der Waals surface area (Å²) in [4.78, 5) is 0. The third-order valence-corrected chi connectivity index (χ3v) is 9.50. The predicted octanol–water partition coefficient (Wildman–Crippen LogP) is 8.78. The molecule has 0 saturated heterocycles. The highest BCUT2D eigenvalue weighted by atomic mass is 28.4. The quantitative estimate of drug-likeness (QED) is 0.133. The minimum atomic E-state index is -1.93. The molecule has 27 heavy (non-hydrogen) atoms. The minimum absolute atomic E-state index is 0.816. The van der Waals surface area contributed by atoms with Gasteiger partial charge in [0.25, 0.3) is 0 Å². The molecule has 0 saturated carbocycles. The van der Waals surface area contributed by atoms with Crippen LogP contribution >= 0.6 is 0 Å².